The van der Waals surface area contributed by atoms with E-state index in [1.807, 2.05) is 0 Å². The van der Waals surface area contributed by atoms with E-state index in [9.17, 15) is 24.0 Å². The molecule has 22 heavy (non-hydrogen) atoms. The number of rotatable bonds is 4. The van der Waals surface area contributed by atoms with Crippen LogP contribution in [0.15, 0.2) is 31.6 Å². The lowest BCUT2D eigenvalue weighted by Crippen LogP contribution is -2.36. The van der Waals surface area contributed by atoms with Crippen LogP contribution in [-0.4, -0.2) is 24.9 Å². The highest BCUT2D eigenvalue weighted by Crippen LogP contribution is 1.90. The summed E-state index contributed by atoms with van der Waals surface area (Å²) in [6.07, 6.45) is 2.56. The summed E-state index contributed by atoms with van der Waals surface area (Å²) in [6.45, 7) is 2.44. The minimum Gasteiger partial charge on any atom is -0.296 e. The van der Waals surface area contributed by atoms with Crippen molar-refractivity contribution in [2.75, 3.05) is 0 Å². The average molecular weight is 306 g/mol. The third-order valence-corrected chi connectivity index (χ3v) is 3.07. The van der Waals surface area contributed by atoms with Crippen molar-refractivity contribution >= 4 is 5.78 Å². The van der Waals surface area contributed by atoms with Crippen molar-refractivity contribution in [3.05, 3.63) is 65.2 Å². The zero-order valence-electron chi connectivity index (χ0n) is 12.0. The number of carbonyl (C=O) groups excluding carboxylic acids is 1. The number of Topliss-reactive ketones (excluding diaryl/α,β-unsaturated/α-hetero) is 1. The molecule has 0 atom stereocenters. The summed E-state index contributed by atoms with van der Waals surface area (Å²) in [5, 5.41) is 0. The summed E-state index contributed by atoms with van der Waals surface area (Å²) in [6, 6.07) is 0. The lowest BCUT2D eigenvalue weighted by molar-refractivity contribution is -0.120. The highest BCUT2D eigenvalue weighted by Gasteiger charge is 2.09. The van der Waals surface area contributed by atoms with E-state index >= 15 is 0 Å². The molecular formula is C13H14N4O5. The van der Waals surface area contributed by atoms with Crippen LogP contribution in [0, 0.1) is 13.8 Å². The van der Waals surface area contributed by atoms with E-state index in [0.717, 1.165) is 9.13 Å². The van der Waals surface area contributed by atoms with Crippen molar-refractivity contribution in [3.63, 3.8) is 0 Å². The van der Waals surface area contributed by atoms with E-state index in [4.69, 9.17) is 0 Å². The molecule has 2 aromatic heterocycles. The molecule has 0 saturated heterocycles. The second kappa shape index (κ2) is 5.80. The molecule has 0 bridgehead atoms. The molecule has 2 heterocycles. The standard InChI is InChI=1S/C13H14N4O5/c1-7-3-16(12(21)14-10(7)19)5-9(18)6-17-4-8(2)11(20)15-13(17)22/h3-4H,5-6H2,1-2H3,(H,14,19,21)(H,15,20,22). The number of aryl methyl sites for hydroxylation is 2. The zero-order chi connectivity index (χ0) is 16.4. The van der Waals surface area contributed by atoms with Crippen LogP contribution < -0.4 is 22.5 Å². The van der Waals surface area contributed by atoms with E-state index in [1.165, 1.54) is 26.2 Å². The number of hydrogen-bond acceptors (Lipinski definition) is 5. The third-order valence-electron chi connectivity index (χ3n) is 3.07. The van der Waals surface area contributed by atoms with Crippen molar-refractivity contribution < 1.29 is 4.79 Å². The average Bonchev–Trinajstić information content (AvgIpc) is 2.42. The zero-order valence-corrected chi connectivity index (χ0v) is 12.0. The van der Waals surface area contributed by atoms with Gasteiger partial charge in [-0.2, -0.15) is 0 Å². The van der Waals surface area contributed by atoms with Crippen LogP contribution >= 0.6 is 0 Å². The van der Waals surface area contributed by atoms with Gasteiger partial charge in [-0.1, -0.05) is 0 Å². The van der Waals surface area contributed by atoms with Gasteiger partial charge >= 0.3 is 11.4 Å². The molecule has 0 aliphatic heterocycles. The van der Waals surface area contributed by atoms with Crippen molar-refractivity contribution in [3.8, 4) is 0 Å². The van der Waals surface area contributed by atoms with Gasteiger partial charge in [0.05, 0.1) is 13.1 Å². The minimum absolute atomic E-state index is 0.291. The second-order valence-electron chi connectivity index (χ2n) is 4.94. The van der Waals surface area contributed by atoms with Crippen LogP contribution in [-0.2, 0) is 17.9 Å². The van der Waals surface area contributed by atoms with Crippen LogP contribution in [0.5, 0.6) is 0 Å². The first-order chi connectivity index (χ1) is 10.3. The molecule has 2 aromatic rings. The van der Waals surface area contributed by atoms with Gasteiger partial charge in [-0.15, -0.1) is 0 Å². The Kier molecular flexibility index (Phi) is 4.06. The Balaban J connectivity index is 2.25. The van der Waals surface area contributed by atoms with Crippen molar-refractivity contribution in [2.45, 2.75) is 26.9 Å². The number of hydrogen-bond donors (Lipinski definition) is 2. The summed E-state index contributed by atoms with van der Waals surface area (Å²) in [5.74, 6) is -0.429. The molecule has 2 rings (SSSR count). The number of aromatic nitrogens is 4. The number of nitrogens with zero attached hydrogens (tertiary/aromatic N) is 2. The fourth-order valence-corrected chi connectivity index (χ4v) is 1.90. The van der Waals surface area contributed by atoms with Gasteiger partial charge in [0, 0.05) is 23.5 Å². The first-order valence-electron chi connectivity index (χ1n) is 6.40. The highest BCUT2D eigenvalue weighted by molar-refractivity contribution is 5.77. The van der Waals surface area contributed by atoms with Crippen LogP contribution in [0.2, 0.25) is 0 Å². The third kappa shape index (κ3) is 3.19. The maximum Gasteiger partial charge on any atom is 0.328 e. The Bertz CT molecular complexity index is 882. The molecule has 0 fully saturated rings. The monoisotopic (exact) mass is 306 g/mol. The normalized spacial score (nSPS) is 10.6. The summed E-state index contributed by atoms with van der Waals surface area (Å²) in [4.78, 5) is 61.8. The lowest BCUT2D eigenvalue weighted by Gasteiger charge is -2.07. The molecule has 0 aliphatic rings. The van der Waals surface area contributed by atoms with Crippen LogP contribution in [0.25, 0.3) is 0 Å². The van der Waals surface area contributed by atoms with E-state index in [-0.39, 0.29) is 13.1 Å². The summed E-state index contributed by atoms with van der Waals surface area (Å²) in [7, 11) is 0. The quantitative estimate of drug-likeness (QED) is 0.694. The SMILES string of the molecule is Cc1cn(CC(=O)Cn2cc(C)c(=O)[nH]c2=O)c(=O)[nH]c1=O. The molecule has 0 radical (unpaired) electrons. The Morgan fingerprint density at radius 1 is 0.864 bits per heavy atom. The van der Waals surface area contributed by atoms with Gasteiger partial charge in [-0.3, -0.25) is 33.5 Å². The Morgan fingerprint density at radius 2 is 1.23 bits per heavy atom. The minimum atomic E-state index is -0.700. The molecule has 9 heteroatoms. The predicted molar refractivity (Wildman–Crippen MR) is 77.1 cm³/mol. The number of carbonyl (C=O) groups is 1. The molecule has 0 spiro atoms. The molecule has 0 aliphatic carbocycles. The predicted octanol–water partition coefficient (Wildman–Crippen LogP) is -1.73. The summed E-state index contributed by atoms with van der Waals surface area (Å²) >= 11 is 0. The number of aromatic amines is 2. The Morgan fingerprint density at radius 3 is 1.59 bits per heavy atom. The van der Waals surface area contributed by atoms with Gasteiger partial charge < -0.3 is 0 Å². The molecule has 0 unspecified atom stereocenters. The topological polar surface area (TPSA) is 127 Å². The smallest absolute Gasteiger partial charge is 0.296 e. The van der Waals surface area contributed by atoms with Gasteiger partial charge in [0.25, 0.3) is 11.1 Å². The maximum atomic E-state index is 12.0. The van der Waals surface area contributed by atoms with E-state index in [2.05, 4.69) is 9.97 Å². The Hall–Kier alpha value is -2.97. The maximum absolute atomic E-state index is 12.0. The van der Waals surface area contributed by atoms with E-state index < -0.39 is 28.3 Å². The van der Waals surface area contributed by atoms with Gasteiger partial charge in [0.2, 0.25) is 0 Å². The molecule has 0 amide bonds. The first-order valence-corrected chi connectivity index (χ1v) is 6.40. The highest BCUT2D eigenvalue weighted by atomic mass is 16.2. The van der Waals surface area contributed by atoms with Crippen LogP contribution in [0.3, 0.4) is 0 Å². The molecule has 2 N–H and O–H groups in total. The number of nitrogens with one attached hydrogen (secondary N) is 2. The van der Waals surface area contributed by atoms with E-state index in [1.54, 1.807) is 0 Å². The van der Waals surface area contributed by atoms with Gasteiger partial charge in [-0.25, -0.2) is 9.59 Å². The molecule has 0 saturated carbocycles. The molecule has 116 valence electrons. The summed E-state index contributed by atoms with van der Waals surface area (Å²) < 4.78 is 2.12. The number of ketones is 1. The van der Waals surface area contributed by atoms with Crippen LogP contribution in [0.1, 0.15) is 11.1 Å². The fourth-order valence-electron chi connectivity index (χ4n) is 1.90. The fraction of sp³-hybridized carbons (Fsp3) is 0.308. The lowest BCUT2D eigenvalue weighted by atomic mass is 10.3. The largest absolute Gasteiger partial charge is 0.328 e. The van der Waals surface area contributed by atoms with Gasteiger partial charge in [0.15, 0.2) is 5.78 Å². The molecular weight excluding hydrogens is 292 g/mol. The van der Waals surface area contributed by atoms with Crippen LogP contribution in [0.4, 0.5) is 0 Å². The van der Waals surface area contributed by atoms with Crippen molar-refractivity contribution in [2.24, 2.45) is 0 Å². The second-order valence-corrected chi connectivity index (χ2v) is 4.94. The molecule has 9 nitrogen and oxygen atoms in total. The van der Waals surface area contributed by atoms with Gasteiger partial charge in [0.1, 0.15) is 0 Å². The summed E-state index contributed by atoms with van der Waals surface area (Å²) in [5.41, 5.74) is -1.83. The van der Waals surface area contributed by atoms with E-state index in [0.29, 0.717) is 11.1 Å². The first kappa shape index (κ1) is 15.4. The van der Waals surface area contributed by atoms with Crippen molar-refractivity contribution in [1.29, 1.82) is 0 Å². The van der Waals surface area contributed by atoms with Crippen molar-refractivity contribution in [1.82, 2.24) is 19.1 Å². The Labute approximate surface area is 122 Å². The molecule has 0 aromatic carbocycles. The number of H-pyrrole nitrogens is 2. The van der Waals surface area contributed by atoms with Gasteiger partial charge in [-0.05, 0) is 13.8 Å².